The molecule has 1 amide bonds. The average molecular weight is 932 g/mol. The van der Waals surface area contributed by atoms with Gasteiger partial charge in [0.2, 0.25) is 18.5 Å². The molecule has 0 saturated carbocycles. The standard InChI is InChI=1S/C35H43NO15.C9H11FO.2C2H6/c1-6-20(49-34-28(43)24(39)26(41)30(51-34)32(46)47)14-17(3)16(2)12-13-21(35(5)15-22(37)36(35)19-10-8-7-9-11-19)18(4)48-33-27(42)23(38)25(40)29(50-33)31(44)45;1-2-9(11)7-3-5-8(10)6-4-7;2*1-2/h6-14,23-30,33-34,38-43H,2,15H2,1,3-5H3,(H,44,45)(H,46,47);3-6,9,11H,2H2,1H3;2*1-2H3/b13-12-,17-14+,20-6+,21-18-;;;. The van der Waals surface area contributed by atoms with Gasteiger partial charge in [-0.1, -0.05) is 83.7 Å². The van der Waals surface area contributed by atoms with Gasteiger partial charge in [0.05, 0.1) is 18.1 Å². The lowest BCUT2D eigenvalue weighted by molar-refractivity contribution is -0.284. The number of ether oxygens (including phenoxy) is 4. The van der Waals surface area contributed by atoms with E-state index >= 15 is 0 Å². The molecular weight excluding hydrogens is 866 g/mol. The molecule has 18 heteroatoms. The summed E-state index contributed by atoms with van der Waals surface area (Å²) in [6, 6.07) is 14.7. The number of carbonyl (C=O) groups excluding carboxylic acids is 1. The van der Waals surface area contributed by atoms with Gasteiger partial charge < -0.3 is 69.8 Å². The van der Waals surface area contributed by atoms with Crippen LogP contribution in [0.1, 0.15) is 86.8 Å². The number of benzene rings is 2. The first-order valence-corrected chi connectivity index (χ1v) is 21.6. The SMILES string of the molecule is C=C(/C=C\C(=C(/C)OC1OC(C(=O)O)C(O)C(O)C1O)C1(C)CC(=O)N1c1ccccc1)/C(C)=C/C(=C\C)OC1OC(C(=O)O)C(O)C(O)C1O.CC.CC.CCC(O)c1ccc(F)cc1. The molecule has 3 saturated heterocycles. The van der Waals surface area contributed by atoms with E-state index in [1.807, 2.05) is 34.6 Å². The molecule has 12 atom stereocenters. The van der Waals surface area contributed by atoms with Crippen LogP contribution < -0.4 is 4.90 Å². The van der Waals surface area contributed by atoms with Crippen molar-refractivity contribution in [2.24, 2.45) is 0 Å². The summed E-state index contributed by atoms with van der Waals surface area (Å²) in [5, 5.41) is 89.7. The molecule has 12 unspecified atom stereocenters. The lowest BCUT2D eigenvalue weighted by Crippen LogP contribution is -2.63. The normalized spacial score (nSPS) is 29.5. The molecule has 3 fully saturated rings. The van der Waals surface area contributed by atoms with E-state index in [-0.39, 0.29) is 29.7 Å². The molecule has 3 aliphatic heterocycles. The molecule has 3 aliphatic rings. The van der Waals surface area contributed by atoms with Gasteiger partial charge in [-0.2, -0.15) is 0 Å². The second-order valence-corrected chi connectivity index (χ2v) is 15.0. The topological polar surface area (TPSA) is 273 Å². The molecule has 5 rings (SSSR count). The van der Waals surface area contributed by atoms with Crippen molar-refractivity contribution < 1.29 is 83.7 Å². The van der Waals surface area contributed by atoms with Crippen molar-refractivity contribution in [3.8, 4) is 0 Å². The van der Waals surface area contributed by atoms with E-state index < -0.39 is 85.0 Å². The zero-order valence-corrected chi connectivity index (χ0v) is 38.7. The van der Waals surface area contributed by atoms with Gasteiger partial charge >= 0.3 is 11.9 Å². The van der Waals surface area contributed by atoms with Gasteiger partial charge in [-0.05, 0) is 87.2 Å². The summed E-state index contributed by atoms with van der Waals surface area (Å²) in [6.07, 6.45) is -11.9. The molecule has 17 nitrogen and oxygen atoms in total. The van der Waals surface area contributed by atoms with E-state index in [0.717, 1.165) is 5.56 Å². The molecule has 2 aromatic carbocycles. The van der Waals surface area contributed by atoms with E-state index in [0.29, 0.717) is 28.8 Å². The molecule has 9 N–H and O–H groups in total. The highest BCUT2D eigenvalue weighted by molar-refractivity contribution is 6.04. The second kappa shape index (κ2) is 26.2. The number of carboxylic acid groups (broad SMARTS) is 2. The lowest BCUT2D eigenvalue weighted by Gasteiger charge is -2.51. The minimum Gasteiger partial charge on any atom is -0.479 e. The van der Waals surface area contributed by atoms with Crippen LogP contribution in [0.2, 0.25) is 0 Å². The van der Waals surface area contributed by atoms with Gasteiger partial charge in [0.1, 0.15) is 54.0 Å². The number of anilines is 1. The minimum absolute atomic E-state index is 0.0227. The van der Waals surface area contributed by atoms with Crippen molar-refractivity contribution in [2.45, 2.75) is 148 Å². The number of nitrogens with zero attached hydrogens (tertiary/aromatic N) is 1. The second-order valence-electron chi connectivity index (χ2n) is 15.0. The molecule has 0 aromatic heterocycles. The van der Waals surface area contributed by atoms with E-state index in [2.05, 4.69) is 6.58 Å². The molecule has 66 heavy (non-hydrogen) atoms. The Morgan fingerprint density at radius 3 is 1.74 bits per heavy atom. The van der Waals surface area contributed by atoms with E-state index in [1.165, 1.54) is 31.2 Å². The third-order valence-electron chi connectivity index (χ3n) is 10.6. The fraction of sp³-hybridized carbons (Fsp3) is 0.479. The van der Waals surface area contributed by atoms with Crippen LogP contribution in [0.3, 0.4) is 0 Å². The van der Waals surface area contributed by atoms with Crippen LogP contribution in [0.4, 0.5) is 10.1 Å². The van der Waals surface area contributed by atoms with Gasteiger partial charge in [-0.3, -0.25) is 4.79 Å². The fourth-order valence-electron chi connectivity index (χ4n) is 6.93. The Bertz CT molecular complexity index is 2040. The summed E-state index contributed by atoms with van der Waals surface area (Å²) in [7, 11) is 0. The summed E-state index contributed by atoms with van der Waals surface area (Å²) in [6.45, 7) is 20.5. The molecular formula is C48H66FNO16. The summed E-state index contributed by atoms with van der Waals surface area (Å²) in [5.74, 6) is -3.44. The largest absolute Gasteiger partial charge is 0.479 e. The Balaban J connectivity index is 0.000000856. The average Bonchev–Trinajstić information content (AvgIpc) is 3.30. The third-order valence-corrected chi connectivity index (χ3v) is 10.6. The third kappa shape index (κ3) is 13.9. The number of rotatable bonds is 14. The maximum absolute atomic E-state index is 13.0. The lowest BCUT2D eigenvalue weighted by atomic mass is 9.77. The van der Waals surface area contributed by atoms with Crippen LogP contribution in [-0.2, 0) is 33.3 Å². The Labute approximate surface area is 384 Å². The zero-order valence-electron chi connectivity index (χ0n) is 38.7. The first kappa shape index (κ1) is 56.8. The van der Waals surface area contributed by atoms with Crippen LogP contribution in [0.5, 0.6) is 0 Å². The van der Waals surface area contributed by atoms with Crippen molar-refractivity contribution in [2.75, 3.05) is 4.90 Å². The highest BCUT2D eigenvalue weighted by atomic mass is 19.1. The fourth-order valence-corrected chi connectivity index (χ4v) is 6.93. The summed E-state index contributed by atoms with van der Waals surface area (Å²) < 4.78 is 34.5. The Hall–Kier alpha value is -5.28. The molecule has 0 spiro atoms. The Morgan fingerprint density at radius 1 is 0.818 bits per heavy atom. The maximum atomic E-state index is 13.0. The van der Waals surface area contributed by atoms with E-state index in [9.17, 15) is 64.7 Å². The van der Waals surface area contributed by atoms with Crippen molar-refractivity contribution >= 4 is 23.5 Å². The molecule has 3 heterocycles. The first-order valence-electron chi connectivity index (χ1n) is 21.6. The summed E-state index contributed by atoms with van der Waals surface area (Å²) >= 11 is 0. The summed E-state index contributed by atoms with van der Waals surface area (Å²) in [5.41, 5.74) is 1.59. The number of β-lactam (4-membered cyclic amide) rings is 1. The zero-order chi connectivity index (χ0) is 50.2. The molecule has 366 valence electrons. The number of aliphatic carboxylic acids is 2. The van der Waals surface area contributed by atoms with Crippen molar-refractivity contribution in [3.63, 3.8) is 0 Å². The molecule has 0 aliphatic carbocycles. The number of allylic oxidation sites excluding steroid dienone is 6. The van der Waals surface area contributed by atoms with Gasteiger partial charge in [0.15, 0.2) is 12.2 Å². The highest BCUT2D eigenvalue weighted by Gasteiger charge is 2.53. The number of carbonyl (C=O) groups is 3. The maximum Gasteiger partial charge on any atom is 0.335 e. The van der Waals surface area contributed by atoms with Crippen molar-refractivity contribution in [1.82, 2.24) is 0 Å². The van der Waals surface area contributed by atoms with Gasteiger partial charge in [-0.15, -0.1) is 0 Å². The van der Waals surface area contributed by atoms with E-state index in [4.69, 9.17) is 18.9 Å². The number of hydrogen-bond acceptors (Lipinski definition) is 14. The first-order chi connectivity index (χ1) is 31.2. The minimum atomic E-state index is -1.93. The predicted octanol–water partition coefficient (Wildman–Crippen LogP) is 4.56. The molecule has 0 bridgehead atoms. The predicted molar refractivity (Wildman–Crippen MR) is 241 cm³/mol. The van der Waals surface area contributed by atoms with Gasteiger partial charge in [0.25, 0.3) is 0 Å². The Morgan fingerprint density at radius 2 is 1.30 bits per heavy atom. The number of carboxylic acids is 2. The van der Waals surface area contributed by atoms with Crippen LogP contribution in [0.15, 0.2) is 114 Å². The number of hydrogen-bond donors (Lipinski definition) is 9. The summed E-state index contributed by atoms with van der Waals surface area (Å²) in [4.78, 5) is 37.7. The number of amides is 1. The van der Waals surface area contributed by atoms with Gasteiger partial charge in [-0.25, -0.2) is 14.0 Å². The van der Waals surface area contributed by atoms with E-state index in [1.54, 1.807) is 80.3 Å². The molecule has 0 radical (unpaired) electrons. The van der Waals surface area contributed by atoms with Crippen molar-refractivity contribution in [3.05, 3.63) is 125 Å². The molecule has 2 aromatic rings. The van der Waals surface area contributed by atoms with Crippen LogP contribution >= 0.6 is 0 Å². The van der Waals surface area contributed by atoms with Crippen LogP contribution in [-0.4, -0.2) is 131 Å². The number of para-hydroxylation sites is 1. The number of halogens is 1. The van der Waals surface area contributed by atoms with Crippen LogP contribution in [0, 0.1) is 5.82 Å². The smallest absolute Gasteiger partial charge is 0.335 e. The monoisotopic (exact) mass is 931 g/mol. The number of aliphatic hydroxyl groups is 7. The van der Waals surface area contributed by atoms with Crippen molar-refractivity contribution in [1.29, 1.82) is 0 Å². The highest BCUT2D eigenvalue weighted by Crippen LogP contribution is 2.44. The quantitative estimate of drug-likeness (QED) is 0.0714. The Kier molecular flexibility index (Phi) is 22.5. The van der Waals surface area contributed by atoms with Crippen LogP contribution in [0.25, 0.3) is 0 Å². The number of aliphatic hydroxyl groups excluding tert-OH is 7. The van der Waals surface area contributed by atoms with Gasteiger partial charge in [0, 0.05) is 11.3 Å².